The number of hydrogen-bond acceptors (Lipinski definition) is 12. The molecule has 0 saturated heterocycles. The van der Waals surface area contributed by atoms with Crippen molar-refractivity contribution in [2.75, 3.05) is 0 Å². The summed E-state index contributed by atoms with van der Waals surface area (Å²) in [7, 11) is 0. The molecule has 0 bridgehead atoms. The van der Waals surface area contributed by atoms with E-state index in [1.54, 1.807) is 0 Å². The van der Waals surface area contributed by atoms with Crippen LogP contribution in [0.25, 0.3) is 65.4 Å². The molecule has 6 aromatic carbocycles. The molecule has 0 aliphatic heterocycles. The topological polar surface area (TPSA) is 126 Å². The summed E-state index contributed by atoms with van der Waals surface area (Å²) >= 11 is 0. The van der Waals surface area contributed by atoms with Crippen molar-refractivity contribution in [3.05, 3.63) is 343 Å². The molecule has 0 aliphatic carbocycles. The number of benzene rings is 6. The average Bonchev–Trinajstić information content (AvgIpc) is 0.822. The molecule has 15 rings (SSSR count). The molecule has 12 heteroatoms. The van der Waals surface area contributed by atoms with E-state index in [0.29, 0.717) is 19.6 Å². The zero-order chi connectivity index (χ0) is 78.5. The van der Waals surface area contributed by atoms with E-state index in [9.17, 15) is 0 Å². The molecule has 12 nitrogen and oxygen atoms in total. The minimum absolute atomic E-state index is 0. The van der Waals surface area contributed by atoms with Gasteiger partial charge in [-0.05, 0) is 109 Å². The van der Waals surface area contributed by atoms with Gasteiger partial charge in [-0.1, -0.05) is 296 Å². The van der Waals surface area contributed by atoms with E-state index in [0.717, 1.165) is 156 Å². The molecule has 572 valence electrons. The van der Waals surface area contributed by atoms with Crippen LogP contribution in [-0.2, 0) is 58.9 Å². The summed E-state index contributed by atoms with van der Waals surface area (Å²) in [6, 6.07) is 93.1. The number of aromatic nitrogens is 9. The molecule has 0 fully saturated rings. The number of nitrogens with zero attached hydrogens (tertiary/aromatic N) is 12. The first-order chi connectivity index (χ1) is 53.5. The molecule has 9 aromatic heterocycles. The fourth-order valence-electron chi connectivity index (χ4n) is 11.2. The van der Waals surface area contributed by atoms with Gasteiger partial charge >= 0.3 is 0 Å². The van der Waals surface area contributed by atoms with Crippen LogP contribution in [0, 0.1) is 0 Å². The predicted molar refractivity (Wildman–Crippen MR) is 471 cm³/mol. The third-order valence-corrected chi connectivity index (χ3v) is 15.6. The minimum atomic E-state index is 0. The lowest BCUT2D eigenvalue weighted by Gasteiger charge is -2.22. The SMILES string of the molecule is C.CC.CC.CC.CC.CC.CC.CC.CC.CC.c1ccc(CN(Cc2ccc3ccccc3n2)Cc2ccc3ccccc3n2)nc1.c1ccc(CN(Cc2ccccn2)Cc2ccc3ccccc3n2)nc1.c1ccc2nc(CN(Cc3ccc4ccccc4n3)Cc3ccc4ccccc4n3)ccc2c1. The van der Waals surface area contributed by atoms with Gasteiger partial charge in [0.15, 0.2) is 0 Å². The Hall–Kier alpha value is -10.9. The van der Waals surface area contributed by atoms with E-state index in [1.807, 2.05) is 252 Å². The molecule has 9 heterocycles. The smallest absolute Gasteiger partial charge is 0.0705 e. The van der Waals surface area contributed by atoms with E-state index in [4.69, 9.17) is 29.9 Å². The second-order valence-electron chi connectivity index (χ2n) is 22.4. The highest BCUT2D eigenvalue weighted by Crippen LogP contribution is 2.23. The van der Waals surface area contributed by atoms with Crippen molar-refractivity contribution in [3.8, 4) is 0 Å². The quantitative estimate of drug-likeness (QED) is 0.0812. The minimum Gasteiger partial charge on any atom is -0.286 e. The van der Waals surface area contributed by atoms with Crippen LogP contribution in [0.2, 0.25) is 0 Å². The van der Waals surface area contributed by atoms with Crippen LogP contribution in [0.15, 0.2) is 292 Å². The van der Waals surface area contributed by atoms with Gasteiger partial charge in [-0.15, -0.1) is 0 Å². The van der Waals surface area contributed by atoms with E-state index in [2.05, 4.69) is 193 Å². The fraction of sp³-hybridized carbons (Fsp3) is 0.289. The van der Waals surface area contributed by atoms with Gasteiger partial charge in [0.2, 0.25) is 0 Å². The van der Waals surface area contributed by atoms with Crippen LogP contribution in [0.1, 0.15) is 183 Å². The third-order valence-electron chi connectivity index (χ3n) is 15.6. The van der Waals surface area contributed by atoms with Gasteiger partial charge in [0.25, 0.3) is 0 Å². The lowest BCUT2D eigenvalue weighted by molar-refractivity contribution is 0.239. The maximum atomic E-state index is 4.92. The highest BCUT2D eigenvalue weighted by molar-refractivity contribution is 5.82. The van der Waals surface area contributed by atoms with Crippen LogP contribution in [-0.4, -0.2) is 59.6 Å². The summed E-state index contributed by atoms with van der Waals surface area (Å²) in [5, 5.41) is 6.96. The Morgan fingerprint density at radius 3 is 0.468 bits per heavy atom. The molecule has 15 aromatic rings. The maximum absolute atomic E-state index is 4.92. The molecular formula is C97H124N12. The summed E-state index contributed by atoms with van der Waals surface area (Å²) in [4.78, 5) is 49.8. The van der Waals surface area contributed by atoms with Gasteiger partial charge < -0.3 is 0 Å². The zero-order valence-corrected chi connectivity index (χ0v) is 67.9. The van der Waals surface area contributed by atoms with E-state index >= 15 is 0 Å². The molecule has 0 saturated carbocycles. The van der Waals surface area contributed by atoms with Crippen LogP contribution in [0.5, 0.6) is 0 Å². The highest BCUT2D eigenvalue weighted by Gasteiger charge is 2.16. The third kappa shape index (κ3) is 30.7. The van der Waals surface area contributed by atoms with Crippen molar-refractivity contribution >= 4 is 65.4 Å². The van der Waals surface area contributed by atoms with Crippen LogP contribution >= 0.6 is 0 Å². The second-order valence-corrected chi connectivity index (χ2v) is 22.4. The summed E-state index contributed by atoms with van der Waals surface area (Å²) in [6.45, 7) is 42.6. The predicted octanol–water partition coefficient (Wildman–Crippen LogP) is 26.0. The van der Waals surface area contributed by atoms with Crippen molar-refractivity contribution in [1.29, 1.82) is 0 Å². The number of rotatable bonds is 18. The Bertz CT molecular complexity index is 4510. The largest absolute Gasteiger partial charge is 0.286 e. The Kier molecular flexibility index (Phi) is 47.0. The molecular weight excluding hydrogens is 1330 g/mol. The molecule has 0 aliphatic rings. The van der Waals surface area contributed by atoms with E-state index in [1.165, 1.54) is 0 Å². The van der Waals surface area contributed by atoms with Gasteiger partial charge in [-0.2, -0.15) is 0 Å². The van der Waals surface area contributed by atoms with Crippen molar-refractivity contribution in [3.63, 3.8) is 0 Å². The highest BCUT2D eigenvalue weighted by atomic mass is 15.2. The second kappa shape index (κ2) is 55.5. The van der Waals surface area contributed by atoms with Gasteiger partial charge in [0.05, 0.1) is 84.3 Å². The van der Waals surface area contributed by atoms with Gasteiger partial charge in [-0.3, -0.25) is 59.6 Å². The molecule has 0 amide bonds. The van der Waals surface area contributed by atoms with E-state index in [-0.39, 0.29) is 7.43 Å². The lowest BCUT2D eigenvalue weighted by Crippen LogP contribution is -2.24. The van der Waals surface area contributed by atoms with Crippen LogP contribution < -0.4 is 0 Å². The Morgan fingerprint density at radius 2 is 0.312 bits per heavy atom. The molecule has 0 N–H and O–H groups in total. The summed E-state index contributed by atoms with van der Waals surface area (Å²) in [5.41, 5.74) is 15.5. The van der Waals surface area contributed by atoms with Gasteiger partial charge in [0, 0.05) is 110 Å². The first-order valence-corrected chi connectivity index (χ1v) is 39.5. The first kappa shape index (κ1) is 92.3. The summed E-state index contributed by atoms with van der Waals surface area (Å²) in [6.07, 6.45) is 5.52. The van der Waals surface area contributed by atoms with Gasteiger partial charge in [-0.25, -0.2) is 0 Å². The fourth-order valence-corrected chi connectivity index (χ4v) is 11.2. The number of para-hydroxylation sites is 6. The molecule has 0 atom stereocenters. The molecule has 0 unspecified atom stereocenters. The average molecular weight is 1460 g/mol. The van der Waals surface area contributed by atoms with E-state index < -0.39 is 0 Å². The maximum Gasteiger partial charge on any atom is 0.0705 e. The van der Waals surface area contributed by atoms with Crippen molar-refractivity contribution in [2.45, 2.75) is 191 Å². The van der Waals surface area contributed by atoms with Gasteiger partial charge in [0.1, 0.15) is 0 Å². The number of fused-ring (bicyclic) bond motifs is 6. The standard InChI is InChI=1S/C30H24N4.C26H22N4.C22H20N4.9C2H6.CH4/c1-4-10-28-22(7-1)13-16-25(31-28)19-34(20-26-17-14-23-8-2-5-11-29(23)32-26)21-27-18-15-24-9-3-6-12-30(24)33-27;1-3-10-25-20(7-1)12-14-23(28-25)18-30(17-22-9-5-6-16-27-22)19-24-15-13-21-8-2-4-11-26(21)29-24;1-2-10-22-18(7-1)11-12-21(25-22)17-26(15-19-8-3-5-13-23-19)16-20-9-4-6-14-24-20;9*1-2;/h1-18H,19-21H2;1-16H,17-19H2;1-14H,15-17H2;9*1-2H3;1H4. The normalized spacial score (nSPS) is 9.88. The van der Waals surface area contributed by atoms with Crippen molar-refractivity contribution < 1.29 is 0 Å². The summed E-state index contributed by atoms with van der Waals surface area (Å²) < 4.78 is 0. The lowest BCUT2D eigenvalue weighted by atomic mass is 10.1. The zero-order valence-electron chi connectivity index (χ0n) is 67.9. The monoisotopic (exact) mass is 1460 g/mol. The first-order valence-electron chi connectivity index (χ1n) is 39.5. The molecule has 0 spiro atoms. The Labute approximate surface area is 655 Å². The Balaban J connectivity index is 0.000000384. The summed E-state index contributed by atoms with van der Waals surface area (Å²) in [5.74, 6) is 0. The van der Waals surface area contributed by atoms with Crippen molar-refractivity contribution in [2.24, 2.45) is 0 Å². The Morgan fingerprint density at radius 1 is 0.165 bits per heavy atom. The molecule has 109 heavy (non-hydrogen) atoms. The van der Waals surface area contributed by atoms with Crippen molar-refractivity contribution in [1.82, 2.24) is 59.6 Å². The number of pyridine rings is 9. The number of hydrogen-bond donors (Lipinski definition) is 0. The van der Waals surface area contributed by atoms with Crippen LogP contribution in [0.3, 0.4) is 0 Å². The molecule has 0 radical (unpaired) electrons. The van der Waals surface area contributed by atoms with Crippen LogP contribution in [0.4, 0.5) is 0 Å².